The Balaban J connectivity index is 2.28. The Hall–Kier alpha value is -0.980. The summed E-state index contributed by atoms with van der Waals surface area (Å²) in [5, 5.41) is 0. The van der Waals surface area contributed by atoms with E-state index in [4.69, 9.17) is 0 Å². The number of nitrogens with zero attached hydrogens (tertiary/aromatic N) is 1. The van der Waals surface area contributed by atoms with E-state index in [0.29, 0.717) is 0 Å². The minimum absolute atomic E-state index is 1.15. The van der Waals surface area contributed by atoms with Crippen LogP contribution in [0.2, 0.25) is 0 Å². The number of anilines is 1. The zero-order valence-corrected chi connectivity index (χ0v) is 6.59. The van der Waals surface area contributed by atoms with Crippen molar-refractivity contribution in [2.75, 3.05) is 18.0 Å². The number of rotatable bonds is 1. The Bertz CT molecular complexity index is 251. The molecule has 0 saturated carbocycles. The smallest absolute Gasteiger partial charge is 0.0398 e. The second-order valence-corrected chi connectivity index (χ2v) is 2.97. The highest BCUT2D eigenvalue weighted by Gasteiger charge is 2.14. The molecular weight excluding hydrogens is 134 g/mol. The molecule has 0 unspecified atom stereocenters. The van der Waals surface area contributed by atoms with E-state index >= 15 is 0 Å². The third kappa shape index (κ3) is 1.11. The molecule has 1 radical (unpaired) electrons. The summed E-state index contributed by atoms with van der Waals surface area (Å²) in [6.45, 7) is 6.38. The van der Waals surface area contributed by atoms with Gasteiger partial charge in [0.15, 0.2) is 0 Å². The highest BCUT2D eigenvalue weighted by molar-refractivity contribution is 5.56. The molecule has 0 bridgehead atoms. The molecule has 0 aliphatic carbocycles. The third-order valence-corrected chi connectivity index (χ3v) is 2.19. The van der Waals surface area contributed by atoms with E-state index < -0.39 is 0 Å². The largest absolute Gasteiger partial charge is 0.371 e. The van der Waals surface area contributed by atoms with Gasteiger partial charge in [0, 0.05) is 18.8 Å². The molecule has 57 valence electrons. The Kier molecular flexibility index (Phi) is 1.57. The van der Waals surface area contributed by atoms with Gasteiger partial charge < -0.3 is 4.90 Å². The van der Waals surface area contributed by atoms with Gasteiger partial charge in [0.25, 0.3) is 0 Å². The summed E-state index contributed by atoms with van der Waals surface area (Å²) in [7, 11) is 0. The van der Waals surface area contributed by atoms with Crippen LogP contribution < -0.4 is 4.90 Å². The number of benzene rings is 1. The van der Waals surface area contributed by atoms with Crippen molar-refractivity contribution in [3.8, 4) is 0 Å². The maximum Gasteiger partial charge on any atom is 0.0398 e. The van der Waals surface area contributed by atoms with Crippen molar-refractivity contribution in [1.29, 1.82) is 0 Å². The average molecular weight is 146 g/mol. The fraction of sp³-hybridized carbons (Fsp3) is 0.300. The molecule has 0 N–H and O–H groups in total. The van der Waals surface area contributed by atoms with E-state index in [1.807, 2.05) is 6.07 Å². The lowest BCUT2D eigenvalue weighted by atomic mass is 10.1. The predicted octanol–water partition coefficient (Wildman–Crippen LogP) is 2.08. The summed E-state index contributed by atoms with van der Waals surface area (Å²) in [5.74, 6) is 0. The molecule has 1 heteroatoms. The molecule has 1 fully saturated rings. The van der Waals surface area contributed by atoms with Crippen molar-refractivity contribution in [2.45, 2.75) is 6.42 Å². The van der Waals surface area contributed by atoms with E-state index in [2.05, 4.69) is 30.0 Å². The maximum atomic E-state index is 3.98. The summed E-state index contributed by atoms with van der Waals surface area (Å²) in [6, 6.07) is 8.31. The molecule has 11 heavy (non-hydrogen) atoms. The van der Waals surface area contributed by atoms with E-state index in [1.165, 1.54) is 25.2 Å². The SMILES string of the molecule is [CH2]c1ccccc1N1CCC1. The topological polar surface area (TPSA) is 3.24 Å². The van der Waals surface area contributed by atoms with Crippen LogP contribution in [0.5, 0.6) is 0 Å². The molecule has 0 atom stereocenters. The Labute approximate surface area is 67.6 Å². The minimum atomic E-state index is 1.15. The first kappa shape index (κ1) is 6.71. The first-order chi connectivity index (χ1) is 5.38. The standard InChI is InChI=1S/C10H12N/c1-9-5-2-3-6-10(9)11-7-4-8-11/h2-3,5-6H,1,4,7-8H2. The molecule has 1 nitrogen and oxygen atoms in total. The summed E-state index contributed by atoms with van der Waals surface area (Å²) in [5.41, 5.74) is 2.45. The van der Waals surface area contributed by atoms with Crippen LogP contribution in [0.25, 0.3) is 0 Å². The third-order valence-electron chi connectivity index (χ3n) is 2.19. The fourth-order valence-electron chi connectivity index (χ4n) is 1.38. The Morgan fingerprint density at radius 2 is 1.91 bits per heavy atom. The summed E-state index contributed by atoms with van der Waals surface area (Å²) in [6.07, 6.45) is 1.33. The van der Waals surface area contributed by atoms with Crippen LogP contribution in [0.3, 0.4) is 0 Å². The zero-order valence-electron chi connectivity index (χ0n) is 6.59. The minimum Gasteiger partial charge on any atom is -0.371 e. The number of hydrogen-bond acceptors (Lipinski definition) is 1. The van der Waals surface area contributed by atoms with Gasteiger partial charge in [-0.3, -0.25) is 0 Å². The van der Waals surface area contributed by atoms with Crippen LogP contribution in [0.1, 0.15) is 12.0 Å². The van der Waals surface area contributed by atoms with Crippen molar-refractivity contribution in [3.05, 3.63) is 36.8 Å². The van der Waals surface area contributed by atoms with Crippen molar-refractivity contribution in [3.63, 3.8) is 0 Å². The highest BCUT2D eigenvalue weighted by atomic mass is 15.2. The molecule has 2 rings (SSSR count). The van der Waals surface area contributed by atoms with Crippen LogP contribution in [-0.2, 0) is 0 Å². The lowest BCUT2D eigenvalue weighted by molar-refractivity contribution is 0.617. The molecule has 1 heterocycles. The van der Waals surface area contributed by atoms with Crippen molar-refractivity contribution in [1.82, 2.24) is 0 Å². The molecule has 0 spiro atoms. The summed E-state index contributed by atoms with van der Waals surface area (Å²) in [4.78, 5) is 2.36. The quantitative estimate of drug-likeness (QED) is 0.586. The molecule has 0 aromatic heterocycles. The zero-order chi connectivity index (χ0) is 7.68. The van der Waals surface area contributed by atoms with Crippen molar-refractivity contribution < 1.29 is 0 Å². The summed E-state index contributed by atoms with van der Waals surface area (Å²) >= 11 is 0. The van der Waals surface area contributed by atoms with Crippen molar-refractivity contribution >= 4 is 5.69 Å². The molecular formula is C10H12N. The van der Waals surface area contributed by atoms with Gasteiger partial charge in [-0.1, -0.05) is 18.2 Å². The fourth-order valence-corrected chi connectivity index (χ4v) is 1.38. The van der Waals surface area contributed by atoms with Gasteiger partial charge in [0.1, 0.15) is 0 Å². The molecule has 1 aromatic rings. The first-order valence-electron chi connectivity index (χ1n) is 4.04. The lowest BCUT2D eigenvalue weighted by Crippen LogP contribution is -2.37. The van der Waals surface area contributed by atoms with Crippen molar-refractivity contribution in [2.24, 2.45) is 0 Å². The number of para-hydroxylation sites is 1. The second kappa shape index (κ2) is 2.57. The average Bonchev–Trinajstić information content (AvgIpc) is 1.90. The number of hydrogen-bond donors (Lipinski definition) is 0. The van der Waals surface area contributed by atoms with Gasteiger partial charge in [0.2, 0.25) is 0 Å². The lowest BCUT2D eigenvalue weighted by Gasteiger charge is -2.34. The second-order valence-electron chi connectivity index (χ2n) is 2.97. The van der Waals surface area contributed by atoms with Crippen LogP contribution >= 0.6 is 0 Å². The van der Waals surface area contributed by atoms with Gasteiger partial charge in [-0.25, -0.2) is 0 Å². The maximum absolute atomic E-state index is 3.98. The van der Waals surface area contributed by atoms with Crippen LogP contribution in [0, 0.1) is 6.92 Å². The molecule has 1 aliphatic rings. The van der Waals surface area contributed by atoms with Crippen LogP contribution in [0.15, 0.2) is 24.3 Å². The van der Waals surface area contributed by atoms with Crippen LogP contribution in [-0.4, -0.2) is 13.1 Å². The van der Waals surface area contributed by atoms with E-state index in [9.17, 15) is 0 Å². The van der Waals surface area contributed by atoms with Gasteiger partial charge in [-0.05, 0) is 25.0 Å². The monoisotopic (exact) mass is 146 g/mol. The molecule has 1 aromatic carbocycles. The van der Waals surface area contributed by atoms with E-state index in [1.54, 1.807) is 0 Å². The highest BCUT2D eigenvalue weighted by Crippen LogP contribution is 2.23. The van der Waals surface area contributed by atoms with Gasteiger partial charge in [0.05, 0.1) is 0 Å². The van der Waals surface area contributed by atoms with Gasteiger partial charge in [-0.2, -0.15) is 0 Å². The predicted molar refractivity (Wildman–Crippen MR) is 47.7 cm³/mol. The van der Waals surface area contributed by atoms with Crippen LogP contribution in [0.4, 0.5) is 5.69 Å². The van der Waals surface area contributed by atoms with Gasteiger partial charge in [-0.15, -0.1) is 0 Å². The van der Waals surface area contributed by atoms with E-state index in [0.717, 1.165) is 5.56 Å². The Morgan fingerprint density at radius 1 is 1.18 bits per heavy atom. The first-order valence-corrected chi connectivity index (χ1v) is 4.04. The molecule has 0 amide bonds. The summed E-state index contributed by atoms with van der Waals surface area (Å²) < 4.78 is 0. The normalized spacial score (nSPS) is 16.3. The molecule has 1 saturated heterocycles. The Morgan fingerprint density at radius 3 is 2.45 bits per heavy atom. The molecule has 1 aliphatic heterocycles. The van der Waals surface area contributed by atoms with E-state index in [-0.39, 0.29) is 0 Å². The van der Waals surface area contributed by atoms with Gasteiger partial charge >= 0.3 is 0 Å².